The van der Waals surface area contributed by atoms with E-state index in [1.807, 2.05) is 0 Å². The zero-order valence-electron chi connectivity index (χ0n) is 18.1. The number of carbonyl (C=O) groups is 1. The number of aromatic nitrogens is 2. The molecule has 0 aliphatic carbocycles. The summed E-state index contributed by atoms with van der Waals surface area (Å²) < 4.78 is 6.10. The van der Waals surface area contributed by atoms with Gasteiger partial charge in [0.1, 0.15) is 5.82 Å². The smallest absolute Gasteiger partial charge is 0.330 e. The molecule has 0 bridgehead atoms. The van der Waals surface area contributed by atoms with Crippen LogP contribution in [-0.2, 0) is 17.8 Å². The molecule has 0 fully saturated rings. The molecule has 0 unspecified atom stereocenters. The molecule has 0 spiro atoms. The quantitative estimate of drug-likeness (QED) is 0.389. The number of ether oxygens (including phenoxy) is 1. The van der Waals surface area contributed by atoms with Crippen molar-refractivity contribution in [3.8, 4) is 0 Å². The Kier molecular flexibility index (Phi) is 7.04. The van der Waals surface area contributed by atoms with E-state index in [-0.39, 0.29) is 48.0 Å². The van der Waals surface area contributed by atoms with E-state index in [1.54, 1.807) is 30.3 Å². The minimum atomic E-state index is -0.849. The number of anilines is 2. The van der Waals surface area contributed by atoms with Gasteiger partial charge in [0.05, 0.1) is 24.6 Å². The van der Waals surface area contributed by atoms with Crippen molar-refractivity contribution < 1.29 is 14.5 Å². The van der Waals surface area contributed by atoms with Gasteiger partial charge in [-0.05, 0) is 18.6 Å². The molecule has 0 saturated heterocycles. The molecule has 3 aromatic rings. The van der Waals surface area contributed by atoms with Crippen molar-refractivity contribution >= 4 is 23.1 Å². The Morgan fingerprint density at radius 2 is 1.88 bits per heavy atom. The van der Waals surface area contributed by atoms with E-state index in [2.05, 4.69) is 4.98 Å². The maximum atomic E-state index is 13.6. The number of nitrogens with zero attached hydrogens (tertiary/aromatic N) is 3. The Morgan fingerprint density at radius 1 is 1.18 bits per heavy atom. The third-order valence-electron chi connectivity index (χ3n) is 5.16. The molecule has 0 aliphatic rings. The second kappa shape index (κ2) is 9.92. The monoisotopic (exact) mass is 453 g/mol. The number of aromatic amines is 1. The Labute approximate surface area is 188 Å². The molecule has 3 N–H and O–H groups in total. The second-order valence-corrected chi connectivity index (χ2v) is 7.22. The summed E-state index contributed by atoms with van der Waals surface area (Å²) in [6.45, 7) is 1.59. The standard InChI is InChI=1S/C22H23N5O6/c1-14-16(9-6-10-17(14)27(31)32)21(29)26(13-15-7-4-3-5-8-15)18-19(23)25(11-12-33-2)22(30)24-20(18)28/h3-10H,11-13,23H2,1-2H3,(H,24,28,30). The number of nitrogens with two attached hydrogens (primary N) is 1. The number of benzene rings is 2. The first-order chi connectivity index (χ1) is 15.8. The van der Waals surface area contributed by atoms with Crippen LogP contribution < -0.4 is 21.9 Å². The molecule has 0 saturated carbocycles. The molecule has 0 aliphatic heterocycles. The van der Waals surface area contributed by atoms with Crippen LogP contribution in [0.25, 0.3) is 0 Å². The van der Waals surface area contributed by atoms with Crippen molar-refractivity contribution in [3.63, 3.8) is 0 Å². The first-order valence-corrected chi connectivity index (χ1v) is 9.97. The summed E-state index contributed by atoms with van der Waals surface area (Å²) in [6, 6.07) is 13.0. The number of rotatable bonds is 8. The van der Waals surface area contributed by atoms with Gasteiger partial charge in [-0.25, -0.2) is 4.79 Å². The zero-order chi connectivity index (χ0) is 24.1. The largest absolute Gasteiger partial charge is 0.383 e. The molecule has 2 aromatic carbocycles. The van der Waals surface area contributed by atoms with Crippen LogP contribution in [0.5, 0.6) is 0 Å². The highest BCUT2D eigenvalue weighted by Gasteiger charge is 2.28. The van der Waals surface area contributed by atoms with Crippen molar-refractivity contribution in [1.82, 2.24) is 9.55 Å². The molecule has 3 rings (SSSR count). The molecular formula is C22H23N5O6. The number of H-pyrrole nitrogens is 1. The number of hydrogen-bond donors (Lipinski definition) is 2. The second-order valence-electron chi connectivity index (χ2n) is 7.22. The summed E-state index contributed by atoms with van der Waals surface area (Å²) in [5.74, 6) is -0.887. The predicted octanol–water partition coefficient (Wildman–Crippen LogP) is 1.83. The van der Waals surface area contributed by atoms with E-state index in [0.29, 0.717) is 5.56 Å². The molecular weight excluding hydrogens is 430 g/mol. The van der Waals surface area contributed by atoms with Gasteiger partial charge < -0.3 is 10.5 Å². The number of hydrogen-bond acceptors (Lipinski definition) is 7. The van der Waals surface area contributed by atoms with E-state index < -0.39 is 22.1 Å². The van der Waals surface area contributed by atoms with Crippen molar-refractivity contribution in [2.75, 3.05) is 24.4 Å². The first kappa shape index (κ1) is 23.4. The maximum absolute atomic E-state index is 13.6. The molecule has 1 heterocycles. The Balaban J connectivity index is 2.21. The van der Waals surface area contributed by atoms with E-state index in [9.17, 15) is 24.5 Å². The van der Waals surface area contributed by atoms with Crippen LogP contribution >= 0.6 is 0 Å². The molecule has 1 aromatic heterocycles. The van der Waals surface area contributed by atoms with Crippen LogP contribution in [-0.4, -0.2) is 34.1 Å². The van der Waals surface area contributed by atoms with Crippen molar-refractivity contribution in [2.24, 2.45) is 0 Å². The summed E-state index contributed by atoms with van der Waals surface area (Å²) in [5, 5.41) is 11.4. The molecule has 33 heavy (non-hydrogen) atoms. The van der Waals surface area contributed by atoms with Gasteiger partial charge >= 0.3 is 5.69 Å². The summed E-state index contributed by atoms with van der Waals surface area (Å²) in [7, 11) is 1.45. The zero-order valence-corrected chi connectivity index (χ0v) is 18.1. The molecule has 11 heteroatoms. The Bertz CT molecular complexity index is 1300. The van der Waals surface area contributed by atoms with Crippen LogP contribution in [0.15, 0.2) is 58.1 Å². The number of nitrogens with one attached hydrogen (secondary N) is 1. The van der Waals surface area contributed by atoms with Crippen LogP contribution in [0, 0.1) is 17.0 Å². The number of nitrogen functional groups attached to an aromatic ring is 1. The third-order valence-corrected chi connectivity index (χ3v) is 5.16. The fraction of sp³-hybridized carbons (Fsp3) is 0.227. The topological polar surface area (TPSA) is 154 Å². The SMILES string of the molecule is COCCn1c(N)c(N(Cc2ccccc2)C(=O)c2cccc([N+](=O)[O-])c2C)c(=O)[nH]c1=O. The Hall–Kier alpha value is -4.25. The lowest BCUT2D eigenvalue weighted by atomic mass is 10.0. The number of nitro benzene ring substituents is 1. The molecule has 0 radical (unpaired) electrons. The highest BCUT2D eigenvalue weighted by Crippen LogP contribution is 2.26. The number of nitro groups is 1. The average Bonchev–Trinajstić information content (AvgIpc) is 2.78. The lowest BCUT2D eigenvalue weighted by Gasteiger charge is -2.25. The van der Waals surface area contributed by atoms with Crippen molar-refractivity contribution in [3.05, 3.63) is 96.2 Å². The van der Waals surface area contributed by atoms with Gasteiger partial charge in [-0.2, -0.15) is 0 Å². The number of methoxy groups -OCH3 is 1. The van der Waals surface area contributed by atoms with E-state index in [1.165, 1.54) is 32.2 Å². The van der Waals surface area contributed by atoms with Gasteiger partial charge in [-0.1, -0.05) is 36.4 Å². The summed E-state index contributed by atoms with van der Waals surface area (Å²) >= 11 is 0. The number of carbonyl (C=O) groups excluding carboxylic acids is 1. The van der Waals surface area contributed by atoms with Gasteiger partial charge in [-0.15, -0.1) is 0 Å². The molecule has 1 amide bonds. The normalized spacial score (nSPS) is 10.7. The highest BCUT2D eigenvalue weighted by molar-refractivity contribution is 6.08. The molecule has 0 atom stereocenters. The van der Waals surface area contributed by atoms with Crippen molar-refractivity contribution in [1.29, 1.82) is 0 Å². The van der Waals surface area contributed by atoms with Crippen LogP contribution in [0.3, 0.4) is 0 Å². The first-order valence-electron chi connectivity index (χ1n) is 9.97. The summed E-state index contributed by atoms with van der Waals surface area (Å²) in [4.78, 5) is 52.9. The molecule has 172 valence electrons. The Morgan fingerprint density at radius 3 is 2.52 bits per heavy atom. The summed E-state index contributed by atoms with van der Waals surface area (Å²) in [6.07, 6.45) is 0. The average molecular weight is 453 g/mol. The number of amides is 1. The maximum Gasteiger partial charge on any atom is 0.330 e. The van der Waals surface area contributed by atoms with Crippen molar-refractivity contribution in [2.45, 2.75) is 20.0 Å². The van der Waals surface area contributed by atoms with Gasteiger partial charge in [0.15, 0.2) is 5.69 Å². The third kappa shape index (κ3) is 4.83. The minimum absolute atomic E-state index is 0.0357. The van der Waals surface area contributed by atoms with Crippen LogP contribution in [0.2, 0.25) is 0 Å². The molecule has 11 nitrogen and oxygen atoms in total. The van der Waals surface area contributed by atoms with Gasteiger partial charge in [0.2, 0.25) is 0 Å². The van der Waals surface area contributed by atoms with Gasteiger partial charge in [0, 0.05) is 24.3 Å². The predicted molar refractivity (Wildman–Crippen MR) is 122 cm³/mol. The fourth-order valence-corrected chi connectivity index (χ4v) is 3.46. The van der Waals surface area contributed by atoms with E-state index >= 15 is 0 Å². The van der Waals surface area contributed by atoms with E-state index in [0.717, 1.165) is 9.47 Å². The lowest BCUT2D eigenvalue weighted by Crippen LogP contribution is -2.41. The van der Waals surface area contributed by atoms with Gasteiger partial charge in [0.25, 0.3) is 17.2 Å². The summed E-state index contributed by atoms with van der Waals surface area (Å²) in [5.41, 5.74) is 5.01. The fourth-order valence-electron chi connectivity index (χ4n) is 3.46. The van der Waals surface area contributed by atoms with E-state index in [4.69, 9.17) is 10.5 Å². The van der Waals surface area contributed by atoms with Gasteiger partial charge in [-0.3, -0.25) is 34.2 Å². The minimum Gasteiger partial charge on any atom is -0.383 e. The van der Waals surface area contributed by atoms with Crippen LogP contribution in [0.4, 0.5) is 17.2 Å². The lowest BCUT2D eigenvalue weighted by molar-refractivity contribution is -0.385. The van der Waals surface area contributed by atoms with Crippen LogP contribution in [0.1, 0.15) is 21.5 Å². The highest BCUT2D eigenvalue weighted by atomic mass is 16.6.